The van der Waals surface area contributed by atoms with Gasteiger partial charge < -0.3 is 9.98 Å². The number of para-hydroxylation sites is 1. The molecular weight excluding hydrogens is 366 g/mol. The van der Waals surface area contributed by atoms with Crippen molar-refractivity contribution in [3.05, 3.63) is 114 Å². The smallest absolute Gasteiger partial charge is 0.143 e. The van der Waals surface area contributed by atoms with E-state index in [1.54, 1.807) is 6.08 Å². The van der Waals surface area contributed by atoms with Crippen LogP contribution < -0.4 is 0 Å². The van der Waals surface area contributed by atoms with Crippen LogP contribution in [0.4, 0.5) is 5.82 Å². The molecule has 1 heterocycles. The van der Waals surface area contributed by atoms with Crippen LogP contribution >= 0.6 is 0 Å². The largest absolute Gasteiger partial charge is 0.309 e. The molecule has 0 fully saturated rings. The number of aromatic nitrogens is 1. The molecule has 0 bridgehead atoms. The van der Waals surface area contributed by atoms with Gasteiger partial charge in [0.05, 0.1) is 0 Å². The van der Waals surface area contributed by atoms with Gasteiger partial charge in [0.2, 0.25) is 0 Å². The van der Waals surface area contributed by atoms with Gasteiger partial charge >= 0.3 is 0 Å². The Balaban J connectivity index is 2.29. The van der Waals surface area contributed by atoms with E-state index in [2.05, 4.69) is 67.6 Å². The fourth-order valence-corrected chi connectivity index (χ4v) is 4.18. The number of benzene rings is 1. The van der Waals surface area contributed by atoms with Crippen molar-refractivity contribution in [1.29, 1.82) is 5.41 Å². The lowest BCUT2D eigenvalue weighted by atomic mass is 9.77. The van der Waals surface area contributed by atoms with Crippen LogP contribution in [0.2, 0.25) is 0 Å². The average molecular weight is 394 g/mol. The highest BCUT2D eigenvalue weighted by Crippen LogP contribution is 2.54. The molecule has 3 heteroatoms. The highest BCUT2D eigenvalue weighted by molar-refractivity contribution is 5.91. The molecule has 1 aliphatic carbocycles. The van der Waals surface area contributed by atoms with Crippen molar-refractivity contribution < 1.29 is 0 Å². The molecule has 30 heavy (non-hydrogen) atoms. The summed E-state index contributed by atoms with van der Waals surface area (Å²) in [5.41, 5.74) is 6.22. The van der Waals surface area contributed by atoms with Gasteiger partial charge in [-0.25, -0.2) is 4.99 Å². The molecule has 0 saturated carbocycles. The Kier molecular flexibility index (Phi) is 6.12. The number of nitrogens with one attached hydrogen (secondary N) is 1. The second kappa shape index (κ2) is 8.75. The zero-order valence-electron chi connectivity index (χ0n) is 17.6. The third-order valence-electron chi connectivity index (χ3n) is 5.45. The standard InChI is InChI=1S/C27H27N3/c1-6-21-22(16-12-9-13-18-28)25(27(3,4)24(21)7-2)23-17-19-30(26(23)29-5)20-14-10-8-11-15-20/h6-19,28H,1-2,5H2,3-4H3/b13-9+,16-12-,28-18?. The van der Waals surface area contributed by atoms with E-state index >= 15 is 0 Å². The van der Waals surface area contributed by atoms with E-state index in [-0.39, 0.29) is 5.41 Å². The van der Waals surface area contributed by atoms with E-state index in [0.717, 1.165) is 39.4 Å². The summed E-state index contributed by atoms with van der Waals surface area (Å²) in [6.07, 6.45) is 14.6. The van der Waals surface area contributed by atoms with Crippen molar-refractivity contribution in [2.24, 2.45) is 10.4 Å². The summed E-state index contributed by atoms with van der Waals surface area (Å²) in [7, 11) is 0. The first-order valence-electron chi connectivity index (χ1n) is 9.83. The molecule has 1 aliphatic rings. The van der Waals surface area contributed by atoms with Crippen molar-refractivity contribution in [3.63, 3.8) is 0 Å². The maximum absolute atomic E-state index is 7.18. The third kappa shape index (κ3) is 3.50. The molecule has 1 N–H and O–H groups in total. The van der Waals surface area contributed by atoms with Gasteiger partial charge in [-0.05, 0) is 53.3 Å². The van der Waals surface area contributed by atoms with Crippen LogP contribution in [0.1, 0.15) is 19.4 Å². The fraction of sp³-hybridized carbons (Fsp3) is 0.111. The molecule has 0 unspecified atom stereocenters. The van der Waals surface area contributed by atoms with Gasteiger partial charge in [0.25, 0.3) is 0 Å². The number of rotatable bonds is 8. The lowest BCUT2D eigenvalue weighted by Crippen LogP contribution is -2.13. The maximum atomic E-state index is 7.18. The van der Waals surface area contributed by atoms with Crippen molar-refractivity contribution in [2.75, 3.05) is 0 Å². The van der Waals surface area contributed by atoms with E-state index < -0.39 is 0 Å². The van der Waals surface area contributed by atoms with Gasteiger partial charge in [-0.2, -0.15) is 0 Å². The zero-order valence-corrected chi connectivity index (χ0v) is 17.6. The predicted molar refractivity (Wildman–Crippen MR) is 130 cm³/mol. The first-order valence-corrected chi connectivity index (χ1v) is 9.83. The van der Waals surface area contributed by atoms with Crippen molar-refractivity contribution in [1.82, 2.24) is 4.57 Å². The molecule has 0 aliphatic heterocycles. The van der Waals surface area contributed by atoms with Crippen LogP contribution in [0.15, 0.2) is 114 Å². The third-order valence-corrected chi connectivity index (χ3v) is 5.45. The Morgan fingerprint density at radius 3 is 2.30 bits per heavy atom. The molecule has 3 rings (SSSR count). The summed E-state index contributed by atoms with van der Waals surface area (Å²) >= 11 is 0. The first-order chi connectivity index (χ1) is 14.5. The lowest BCUT2D eigenvalue weighted by molar-refractivity contribution is 0.626. The van der Waals surface area contributed by atoms with Gasteiger partial charge in [0, 0.05) is 29.1 Å². The molecule has 0 atom stereocenters. The molecule has 1 aromatic heterocycles. The summed E-state index contributed by atoms with van der Waals surface area (Å²) < 4.78 is 2.06. The molecule has 2 aromatic rings. The Morgan fingerprint density at radius 1 is 0.967 bits per heavy atom. The minimum atomic E-state index is -0.279. The molecule has 150 valence electrons. The van der Waals surface area contributed by atoms with E-state index in [4.69, 9.17) is 5.41 Å². The second-order valence-corrected chi connectivity index (χ2v) is 7.48. The lowest BCUT2D eigenvalue weighted by Gasteiger charge is -2.26. The molecule has 0 saturated heterocycles. The number of allylic oxidation sites excluding steroid dienone is 10. The minimum absolute atomic E-state index is 0.279. The van der Waals surface area contributed by atoms with Crippen LogP contribution in [-0.4, -0.2) is 17.5 Å². The topological polar surface area (TPSA) is 41.1 Å². The second-order valence-electron chi connectivity index (χ2n) is 7.48. The molecular formula is C27H27N3. The van der Waals surface area contributed by atoms with Crippen LogP contribution in [-0.2, 0) is 0 Å². The van der Waals surface area contributed by atoms with Crippen LogP contribution in [0.25, 0.3) is 11.3 Å². The van der Waals surface area contributed by atoms with E-state index in [1.165, 1.54) is 6.21 Å². The highest BCUT2D eigenvalue weighted by Gasteiger charge is 2.39. The SMILES string of the molecule is C=CC1=C(C=C)C(C)(C)C(c2ccn(-c3ccccc3)c2N=C)=C1/C=C\C=C\C=N. The van der Waals surface area contributed by atoms with E-state index in [9.17, 15) is 0 Å². The van der Waals surface area contributed by atoms with Crippen molar-refractivity contribution in [3.8, 4) is 5.69 Å². The van der Waals surface area contributed by atoms with Crippen LogP contribution in [0.5, 0.6) is 0 Å². The Morgan fingerprint density at radius 2 is 1.70 bits per heavy atom. The number of hydrogen-bond donors (Lipinski definition) is 1. The van der Waals surface area contributed by atoms with E-state index in [0.29, 0.717) is 0 Å². The quantitative estimate of drug-likeness (QED) is 0.369. The summed E-state index contributed by atoms with van der Waals surface area (Å²) in [6, 6.07) is 12.2. The summed E-state index contributed by atoms with van der Waals surface area (Å²) in [5.74, 6) is 0.805. The van der Waals surface area contributed by atoms with Gasteiger partial charge in [-0.15, -0.1) is 0 Å². The summed E-state index contributed by atoms with van der Waals surface area (Å²) in [5, 5.41) is 7.18. The van der Waals surface area contributed by atoms with Crippen molar-refractivity contribution in [2.45, 2.75) is 13.8 Å². The average Bonchev–Trinajstić information content (AvgIpc) is 3.26. The predicted octanol–water partition coefficient (Wildman–Crippen LogP) is 7.03. The Labute approximate surface area is 179 Å². The van der Waals surface area contributed by atoms with Gasteiger partial charge in [-0.3, -0.25) is 0 Å². The molecule has 0 amide bonds. The zero-order chi connectivity index (χ0) is 21.7. The Bertz CT molecular complexity index is 1120. The molecule has 0 spiro atoms. The Hall–Kier alpha value is -3.72. The van der Waals surface area contributed by atoms with Gasteiger partial charge in [0.15, 0.2) is 0 Å². The molecule has 0 radical (unpaired) electrons. The highest BCUT2D eigenvalue weighted by atomic mass is 15.1. The van der Waals surface area contributed by atoms with Crippen LogP contribution in [0, 0.1) is 10.8 Å². The van der Waals surface area contributed by atoms with Gasteiger partial charge in [-0.1, -0.05) is 75.6 Å². The summed E-state index contributed by atoms with van der Waals surface area (Å²) in [4.78, 5) is 4.40. The number of nitrogens with zero attached hydrogens (tertiary/aromatic N) is 2. The molecule has 1 aromatic carbocycles. The van der Waals surface area contributed by atoms with Gasteiger partial charge in [0.1, 0.15) is 5.82 Å². The normalized spacial score (nSPS) is 15.9. The van der Waals surface area contributed by atoms with Crippen LogP contribution in [0.3, 0.4) is 0 Å². The number of hydrogen-bond acceptors (Lipinski definition) is 2. The first kappa shape index (κ1) is 21.0. The molecule has 3 nitrogen and oxygen atoms in total. The fourth-order valence-electron chi connectivity index (χ4n) is 4.18. The van der Waals surface area contributed by atoms with E-state index in [1.807, 2.05) is 48.7 Å². The number of aliphatic imine (C=N–C) groups is 1. The minimum Gasteiger partial charge on any atom is -0.309 e. The maximum Gasteiger partial charge on any atom is 0.143 e. The summed E-state index contributed by atoms with van der Waals surface area (Å²) in [6.45, 7) is 16.4. The monoisotopic (exact) mass is 393 g/mol. The van der Waals surface area contributed by atoms with Crippen molar-refractivity contribution >= 4 is 24.3 Å².